The quantitative estimate of drug-likeness (QED) is 0.786. The Morgan fingerprint density at radius 1 is 1.42 bits per heavy atom. The maximum absolute atomic E-state index is 12.5. The Morgan fingerprint density at radius 3 is 2.74 bits per heavy atom. The number of hydrogen-bond acceptors (Lipinski definition) is 2. The number of hydrogen-bond donors (Lipinski definition) is 0. The Labute approximate surface area is 115 Å². The first-order valence-corrected chi connectivity index (χ1v) is 7.09. The molecule has 0 aromatic heterocycles. The van der Waals surface area contributed by atoms with E-state index >= 15 is 0 Å². The third-order valence-electron chi connectivity index (χ3n) is 3.61. The highest BCUT2D eigenvalue weighted by Gasteiger charge is 2.27. The van der Waals surface area contributed by atoms with Gasteiger partial charge in [-0.05, 0) is 49.8 Å². The van der Waals surface area contributed by atoms with Crippen molar-refractivity contribution in [3.8, 4) is 5.75 Å². The molecule has 0 heterocycles. The molecule has 19 heavy (non-hydrogen) atoms. The van der Waals surface area contributed by atoms with Crippen LogP contribution in [0.25, 0.3) is 0 Å². The van der Waals surface area contributed by atoms with E-state index in [1.807, 2.05) is 30.0 Å². The van der Waals surface area contributed by atoms with Gasteiger partial charge < -0.3 is 9.64 Å². The van der Waals surface area contributed by atoms with E-state index in [0.29, 0.717) is 0 Å². The molecule has 3 nitrogen and oxygen atoms in total. The van der Waals surface area contributed by atoms with Gasteiger partial charge in [0.25, 0.3) is 5.91 Å². The van der Waals surface area contributed by atoms with Crippen LogP contribution in [0.5, 0.6) is 5.75 Å². The molecule has 0 bridgehead atoms. The Kier molecular flexibility index (Phi) is 4.46. The molecule has 3 heteroatoms. The lowest BCUT2D eigenvalue weighted by atomic mass is 10.1. The van der Waals surface area contributed by atoms with E-state index in [1.54, 1.807) is 7.11 Å². The van der Waals surface area contributed by atoms with Crippen LogP contribution in [0.1, 0.15) is 42.1 Å². The summed E-state index contributed by atoms with van der Waals surface area (Å²) >= 11 is 0. The highest BCUT2D eigenvalue weighted by molar-refractivity contribution is 5.94. The topological polar surface area (TPSA) is 29.5 Å². The summed E-state index contributed by atoms with van der Waals surface area (Å²) in [5, 5.41) is 0. The molecule has 1 saturated carbocycles. The van der Waals surface area contributed by atoms with E-state index in [-0.39, 0.29) is 5.91 Å². The molecule has 104 valence electrons. The first kappa shape index (κ1) is 13.9. The van der Waals surface area contributed by atoms with Gasteiger partial charge in [-0.25, -0.2) is 0 Å². The van der Waals surface area contributed by atoms with Crippen molar-refractivity contribution in [1.82, 2.24) is 4.90 Å². The zero-order valence-electron chi connectivity index (χ0n) is 12.1. The van der Waals surface area contributed by atoms with Gasteiger partial charge in [-0.15, -0.1) is 0 Å². The van der Waals surface area contributed by atoms with Crippen molar-refractivity contribution in [1.29, 1.82) is 0 Å². The number of aryl methyl sites for hydroxylation is 1. The van der Waals surface area contributed by atoms with Crippen molar-refractivity contribution >= 4 is 5.91 Å². The van der Waals surface area contributed by atoms with Gasteiger partial charge in [0.2, 0.25) is 0 Å². The van der Waals surface area contributed by atoms with Crippen molar-refractivity contribution in [3.05, 3.63) is 29.3 Å². The fourth-order valence-corrected chi connectivity index (χ4v) is 2.29. The van der Waals surface area contributed by atoms with Gasteiger partial charge in [-0.3, -0.25) is 4.79 Å². The SMILES string of the molecule is CCCN(CC1CC1)C(=O)c1ccc(C)c(OC)c1. The number of carbonyl (C=O) groups is 1. The van der Waals surface area contributed by atoms with Gasteiger partial charge in [0.15, 0.2) is 0 Å². The molecule has 1 amide bonds. The van der Waals surface area contributed by atoms with Gasteiger partial charge in [0.05, 0.1) is 7.11 Å². The van der Waals surface area contributed by atoms with Crippen LogP contribution in [-0.2, 0) is 0 Å². The summed E-state index contributed by atoms with van der Waals surface area (Å²) in [6, 6.07) is 5.70. The molecule has 0 aliphatic heterocycles. The van der Waals surface area contributed by atoms with E-state index < -0.39 is 0 Å². The molecule has 0 atom stereocenters. The molecule has 1 aliphatic carbocycles. The van der Waals surface area contributed by atoms with E-state index in [4.69, 9.17) is 4.74 Å². The first-order valence-electron chi connectivity index (χ1n) is 7.09. The molecule has 1 aliphatic rings. The van der Waals surface area contributed by atoms with Crippen molar-refractivity contribution in [3.63, 3.8) is 0 Å². The van der Waals surface area contributed by atoms with Crippen LogP contribution < -0.4 is 4.74 Å². The minimum Gasteiger partial charge on any atom is -0.496 e. The summed E-state index contributed by atoms with van der Waals surface area (Å²) in [4.78, 5) is 14.5. The lowest BCUT2D eigenvalue weighted by molar-refractivity contribution is 0.0747. The smallest absolute Gasteiger partial charge is 0.253 e. The molecule has 1 aromatic rings. The van der Waals surface area contributed by atoms with Crippen molar-refractivity contribution in [2.24, 2.45) is 5.92 Å². The van der Waals surface area contributed by atoms with E-state index in [2.05, 4.69) is 6.92 Å². The second-order valence-corrected chi connectivity index (χ2v) is 5.38. The standard InChI is InChI=1S/C16H23NO2/c1-4-9-17(11-13-6-7-13)16(18)14-8-5-12(2)15(10-14)19-3/h5,8,10,13H,4,6-7,9,11H2,1-3H3. The Morgan fingerprint density at radius 2 is 2.16 bits per heavy atom. The van der Waals surface area contributed by atoms with Crippen LogP contribution in [0.4, 0.5) is 0 Å². The monoisotopic (exact) mass is 261 g/mol. The average Bonchev–Trinajstić information content (AvgIpc) is 3.22. The predicted octanol–water partition coefficient (Wildman–Crippen LogP) is 3.27. The summed E-state index contributed by atoms with van der Waals surface area (Å²) in [7, 11) is 1.64. The number of amides is 1. The minimum absolute atomic E-state index is 0.132. The molecule has 1 aromatic carbocycles. The summed E-state index contributed by atoms with van der Waals surface area (Å²) < 4.78 is 5.30. The number of carbonyl (C=O) groups excluding carboxylic acids is 1. The number of rotatable bonds is 6. The van der Waals surface area contributed by atoms with Gasteiger partial charge in [-0.1, -0.05) is 13.0 Å². The normalized spacial score (nSPS) is 14.3. The minimum atomic E-state index is 0.132. The highest BCUT2D eigenvalue weighted by Crippen LogP contribution is 2.30. The molecule has 0 radical (unpaired) electrons. The molecule has 0 unspecified atom stereocenters. The molecule has 0 N–H and O–H groups in total. The Balaban J connectivity index is 2.14. The largest absolute Gasteiger partial charge is 0.496 e. The first-order chi connectivity index (χ1) is 9.15. The molecular formula is C16H23NO2. The van der Waals surface area contributed by atoms with Crippen LogP contribution in [0.3, 0.4) is 0 Å². The van der Waals surface area contributed by atoms with Crippen LogP contribution in [0, 0.1) is 12.8 Å². The summed E-state index contributed by atoms with van der Waals surface area (Å²) in [6.07, 6.45) is 3.54. The second kappa shape index (κ2) is 6.09. The lowest BCUT2D eigenvalue weighted by Crippen LogP contribution is -2.33. The third kappa shape index (κ3) is 3.49. The zero-order chi connectivity index (χ0) is 13.8. The van der Waals surface area contributed by atoms with Crippen molar-refractivity contribution in [2.75, 3.05) is 20.2 Å². The van der Waals surface area contributed by atoms with Crippen LogP contribution in [0.2, 0.25) is 0 Å². The number of methoxy groups -OCH3 is 1. The van der Waals surface area contributed by atoms with E-state index in [1.165, 1.54) is 12.8 Å². The van der Waals surface area contributed by atoms with E-state index in [9.17, 15) is 4.79 Å². The molecule has 2 rings (SSSR count). The maximum Gasteiger partial charge on any atom is 0.253 e. The van der Waals surface area contributed by atoms with Gasteiger partial charge in [0.1, 0.15) is 5.75 Å². The molecule has 0 saturated heterocycles. The fraction of sp³-hybridized carbons (Fsp3) is 0.562. The van der Waals surface area contributed by atoms with Gasteiger partial charge in [0, 0.05) is 18.7 Å². The lowest BCUT2D eigenvalue weighted by Gasteiger charge is -2.22. The fourth-order valence-electron chi connectivity index (χ4n) is 2.29. The summed E-state index contributed by atoms with van der Waals surface area (Å²) in [6.45, 7) is 5.85. The van der Waals surface area contributed by atoms with Gasteiger partial charge >= 0.3 is 0 Å². The second-order valence-electron chi connectivity index (χ2n) is 5.38. The van der Waals surface area contributed by atoms with Crippen molar-refractivity contribution < 1.29 is 9.53 Å². The highest BCUT2D eigenvalue weighted by atomic mass is 16.5. The Hall–Kier alpha value is -1.51. The van der Waals surface area contributed by atoms with Gasteiger partial charge in [-0.2, -0.15) is 0 Å². The van der Waals surface area contributed by atoms with Crippen molar-refractivity contribution in [2.45, 2.75) is 33.1 Å². The number of benzene rings is 1. The number of ether oxygens (including phenoxy) is 1. The molecule has 0 spiro atoms. The average molecular weight is 261 g/mol. The van der Waals surface area contributed by atoms with Crippen LogP contribution in [-0.4, -0.2) is 31.0 Å². The van der Waals surface area contributed by atoms with Crippen LogP contribution >= 0.6 is 0 Å². The zero-order valence-corrected chi connectivity index (χ0v) is 12.1. The summed E-state index contributed by atoms with van der Waals surface area (Å²) in [5.41, 5.74) is 1.79. The predicted molar refractivity (Wildman–Crippen MR) is 76.6 cm³/mol. The molecular weight excluding hydrogens is 238 g/mol. The maximum atomic E-state index is 12.5. The molecule has 1 fully saturated rings. The summed E-state index contributed by atoms with van der Waals surface area (Å²) in [5.74, 6) is 1.64. The van der Waals surface area contributed by atoms with Crippen LogP contribution in [0.15, 0.2) is 18.2 Å². The van der Waals surface area contributed by atoms with E-state index in [0.717, 1.165) is 42.3 Å². The number of nitrogens with zero attached hydrogens (tertiary/aromatic N) is 1. The third-order valence-corrected chi connectivity index (χ3v) is 3.61. The Bertz CT molecular complexity index is 452.